The molecular formula is C19H20N4O3. The van der Waals surface area contributed by atoms with E-state index in [4.69, 9.17) is 5.73 Å². The van der Waals surface area contributed by atoms with Crippen LogP contribution >= 0.6 is 0 Å². The minimum Gasteiger partial charge on any atom is -0.351 e. The Bertz CT molecular complexity index is 848. The summed E-state index contributed by atoms with van der Waals surface area (Å²) in [5.41, 5.74) is 7.20. The highest BCUT2D eigenvalue weighted by molar-refractivity contribution is 6.05. The molecule has 0 aromatic heterocycles. The van der Waals surface area contributed by atoms with Crippen LogP contribution in [0.25, 0.3) is 0 Å². The predicted molar refractivity (Wildman–Crippen MR) is 99.9 cm³/mol. The van der Waals surface area contributed by atoms with Crippen LogP contribution in [0.4, 0.5) is 21.9 Å². The highest BCUT2D eigenvalue weighted by Crippen LogP contribution is 2.38. The van der Waals surface area contributed by atoms with Crippen LogP contribution < -0.4 is 21.7 Å². The first-order chi connectivity index (χ1) is 12.4. The molecule has 0 bridgehead atoms. The minimum absolute atomic E-state index is 0.00685. The maximum atomic E-state index is 12.4. The molecule has 0 spiro atoms. The molecule has 0 radical (unpaired) electrons. The average Bonchev–Trinajstić information content (AvgIpc) is 3.33. The number of benzene rings is 2. The van der Waals surface area contributed by atoms with Gasteiger partial charge in [-0.3, -0.25) is 9.59 Å². The van der Waals surface area contributed by atoms with E-state index in [0.717, 1.165) is 6.42 Å². The average molecular weight is 352 g/mol. The van der Waals surface area contributed by atoms with Crippen molar-refractivity contribution >= 4 is 34.9 Å². The molecule has 2 aromatic rings. The number of hydrogen-bond donors (Lipinski definition) is 4. The van der Waals surface area contributed by atoms with Gasteiger partial charge in [-0.15, -0.1) is 0 Å². The molecule has 0 saturated heterocycles. The van der Waals surface area contributed by atoms with E-state index >= 15 is 0 Å². The zero-order valence-electron chi connectivity index (χ0n) is 14.3. The second-order valence-corrected chi connectivity index (χ2v) is 6.41. The molecule has 2 aromatic carbocycles. The third-order valence-corrected chi connectivity index (χ3v) is 4.25. The Morgan fingerprint density at radius 2 is 1.54 bits per heavy atom. The Morgan fingerprint density at radius 3 is 2.12 bits per heavy atom. The zero-order chi connectivity index (χ0) is 18.7. The summed E-state index contributed by atoms with van der Waals surface area (Å²) in [5, 5.41) is 8.06. The lowest BCUT2D eigenvalue weighted by molar-refractivity contribution is -0.117. The summed E-state index contributed by atoms with van der Waals surface area (Å²) < 4.78 is 0. The number of amides is 4. The number of anilines is 3. The standard InChI is InChI=1S/C19H20N4O3/c1-11-9-16(11)18(25)22-15-4-2-3-12(10-15)17(24)21-13-5-7-14(8-6-13)23-19(20)26/h2-8,10-11,16H,9H2,1H3,(H,21,24)(H,22,25)(H3,20,23,26)/t11-,16+/m1/s1. The highest BCUT2D eigenvalue weighted by Gasteiger charge is 2.39. The lowest BCUT2D eigenvalue weighted by Gasteiger charge is -2.09. The monoisotopic (exact) mass is 352 g/mol. The summed E-state index contributed by atoms with van der Waals surface area (Å²) in [6, 6.07) is 12.7. The first-order valence-corrected chi connectivity index (χ1v) is 8.31. The summed E-state index contributed by atoms with van der Waals surface area (Å²) in [4.78, 5) is 35.2. The van der Waals surface area contributed by atoms with Crippen molar-refractivity contribution in [3.8, 4) is 0 Å². The Kier molecular flexibility index (Phi) is 4.88. The van der Waals surface area contributed by atoms with E-state index in [2.05, 4.69) is 16.0 Å². The van der Waals surface area contributed by atoms with Crippen LogP contribution in [-0.4, -0.2) is 17.8 Å². The topological polar surface area (TPSA) is 113 Å². The van der Waals surface area contributed by atoms with Gasteiger partial charge in [-0.25, -0.2) is 4.79 Å². The fourth-order valence-electron chi connectivity index (χ4n) is 2.64. The van der Waals surface area contributed by atoms with Crippen LogP contribution in [0, 0.1) is 11.8 Å². The van der Waals surface area contributed by atoms with Crippen molar-refractivity contribution in [2.24, 2.45) is 17.6 Å². The molecule has 0 unspecified atom stereocenters. The number of hydrogen-bond acceptors (Lipinski definition) is 3. The van der Waals surface area contributed by atoms with Crippen LogP contribution in [0.5, 0.6) is 0 Å². The van der Waals surface area contributed by atoms with E-state index in [-0.39, 0.29) is 17.7 Å². The molecule has 0 aliphatic heterocycles. The highest BCUT2D eigenvalue weighted by atomic mass is 16.2. The Balaban J connectivity index is 1.63. The summed E-state index contributed by atoms with van der Waals surface area (Å²) >= 11 is 0. The Morgan fingerprint density at radius 1 is 0.923 bits per heavy atom. The maximum Gasteiger partial charge on any atom is 0.316 e. The second kappa shape index (κ2) is 7.26. The van der Waals surface area contributed by atoms with E-state index < -0.39 is 6.03 Å². The van der Waals surface area contributed by atoms with Crippen molar-refractivity contribution in [3.05, 3.63) is 54.1 Å². The van der Waals surface area contributed by atoms with E-state index in [9.17, 15) is 14.4 Å². The molecule has 7 nitrogen and oxygen atoms in total. The largest absolute Gasteiger partial charge is 0.351 e. The number of rotatable bonds is 5. The Labute approximate surface area is 151 Å². The van der Waals surface area contributed by atoms with Gasteiger partial charge in [0, 0.05) is 28.5 Å². The van der Waals surface area contributed by atoms with Gasteiger partial charge in [0.05, 0.1) is 0 Å². The Hall–Kier alpha value is -3.35. The maximum absolute atomic E-state index is 12.4. The molecule has 1 aliphatic rings. The van der Waals surface area contributed by atoms with Crippen molar-refractivity contribution in [2.45, 2.75) is 13.3 Å². The fourth-order valence-corrected chi connectivity index (χ4v) is 2.64. The first-order valence-electron chi connectivity index (χ1n) is 8.31. The molecule has 26 heavy (non-hydrogen) atoms. The van der Waals surface area contributed by atoms with Crippen LogP contribution in [0.15, 0.2) is 48.5 Å². The second-order valence-electron chi connectivity index (χ2n) is 6.41. The number of primary amides is 1. The predicted octanol–water partition coefficient (Wildman–Crippen LogP) is 3.02. The van der Waals surface area contributed by atoms with Crippen molar-refractivity contribution < 1.29 is 14.4 Å². The van der Waals surface area contributed by atoms with Gasteiger partial charge in [-0.1, -0.05) is 13.0 Å². The third-order valence-electron chi connectivity index (χ3n) is 4.25. The summed E-state index contributed by atoms with van der Waals surface area (Å²) in [7, 11) is 0. The van der Waals surface area contributed by atoms with Gasteiger partial charge >= 0.3 is 6.03 Å². The van der Waals surface area contributed by atoms with Gasteiger partial charge in [0.2, 0.25) is 5.91 Å². The van der Waals surface area contributed by atoms with Gasteiger partial charge in [0.1, 0.15) is 0 Å². The molecule has 3 rings (SSSR count). The molecule has 1 aliphatic carbocycles. The number of carbonyl (C=O) groups is 3. The zero-order valence-corrected chi connectivity index (χ0v) is 14.3. The number of nitrogens with one attached hydrogen (secondary N) is 3. The van der Waals surface area contributed by atoms with Crippen molar-refractivity contribution in [2.75, 3.05) is 16.0 Å². The summed E-state index contributed by atoms with van der Waals surface area (Å²) in [6.45, 7) is 2.04. The molecule has 7 heteroatoms. The number of carbonyl (C=O) groups excluding carboxylic acids is 3. The normalized spacial score (nSPS) is 17.9. The van der Waals surface area contributed by atoms with E-state index in [0.29, 0.717) is 28.5 Å². The van der Waals surface area contributed by atoms with Crippen LogP contribution in [0.1, 0.15) is 23.7 Å². The molecule has 1 fully saturated rings. The molecular weight excluding hydrogens is 332 g/mol. The molecule has 1 saturated carbocycles. The lowest BCUT2D eigenvalue weighted by Crippen LogP contribution is -2.19. The smallest absolute Gasteiger partial charge is 0.316 e. The summed E-state index contributed by atoms with van der Waals surface area (Å²) in [6.07, 6.45) is 0.909. The van der Waals surface area contributed by atoms with Crippen LogP contribution in [0.2, 0.25) is 0 Å². The molecule has 134 valence electrons. The minimum atomic E-state index is -0.652. The molecule has 5 N–H and O–H groups in total. The SMILES string of the molecule is C[C@@H]1C[C@@H]1C(=O)Nc1cccc(C(=O)Nc2ccc(NC(N)=O)cc2)c1. The van der Waals surface area contributed by atoms with Crippen molar-refractivity contribution in [3.63, 3.8) is 0 Å². The summed E-state index contributed by atoms with van der Waals surface area (Å²) in [5.74, 6) is 0.192. The van der Waals surface area contributed by atoms with Gasteiger partial charge in [0.15, 0.2) is 0 Å². The van der Waals surface area contributed by atoms with Gasteiger partial charge in [-0.05, 0) is 54.8 Å². The molecule has 4 amide bonds. The quantitative estimate of drug-likeness (QED) is 0.663. The first kappa shape index (κ1) is 17.5. The fraction of sp³-hybridized carbons (Fsp3) is 0.211. The van der Waals surface area contributed by atoms with Crippen molar-refractivity contribution in [1.29, 1.82) is 0 Å². The number of urea groups is 1. The van der Waals surface area contributed by atoms with E-state index in [1.54, 1.807) is 48.5 Å². The molecule has 0 heterocycles. The van der Waals surface area contributed by atoms with Crippen LogP contribution in [-0.2, 0) is 4.79 Å². The van der Waals surface area contributed by atoms with Gasteiger partial charge in [0.25, 0.3) is 5.91 Å². The van der Waals surface area contributed by atoms with Gasteiger partial charge in [-0.2, -0.15) is 0 Å². The van der Waals surface area contributed by atoms with Crippen molar-refractivity contribution in [1.82, 2.24) is 0 Å². The van der Waals surface area contributed by atoms with E-state index in [1.165, 1.54) is 0 Å². The lowest BCUT2D eigenvalue weighted by atomic mass is 10.1. The molecule has 2 atom stereocenters. The van der Waals surface area contributed by atoms with Gasteiger partial charge < -0.3 is 21.7 Å². The van der Waals surface area contributed by atoms with E-state index in [1.807, 2.05) is 6.92 Å². The third kappa shape index (κ3) is 4.38. The number of nitrogens with two attached hydrogens (primary N) is 1. The van der Waals surface area contributed by atoms with Crippen LogP contribution in [0.3, 0.4) is 0 Å².